The first-order chi connectivity index (χ1) is 13.3. The van der Waals surface area contributed by atoms with Crippen LogP contribution in [0, 0.1) is 0 Å². The largest absolute Gasteiger partial charge is 0.497 e. The number of nitrogens with one attached hydrogen (secondary N) is 1. The number of halogens is 1. The summed E-state index contributed by atoms with van der Waals surface area (Å²) < 4.78 is 35.7. The number of sulfone groups is 1. The summed E-state index contributed by atoms with van der Waals surface area (Å²) in [5, 5.41) is 3.45. The van der Waals surface area contributed by atoms with E-state index < -0.39 is 15.7 Å². The van der Waals surface area contributed by atoms with E-state index in [4.69, 9.17) is 21.1 Å². The molecule has 0 saturated carbocycles. The molecule has 0 aliphatic heterocycles. The number of hydrogen-bond acceptors (Lipinski definition) is 7. The van der Waals surface area contributed by atoms with Crippen molar-refractivity contribution in [3.8, 4) is 11.5 Å². The number of amides is 1. The van der Waals surface area contributed by atoms with Crippen LogP contribution in [-0.2, 0) is 14.6 Å². The topological polar surface area (TPSA) is 94.6 Å². The van der Waals surface area contributed by atoms with E-state index >= 15 is 0 Å². The standard InChI is InChI=1S/C18H17ClN2O5S2/c1-25-11-3-5-12(6-4-11)28(23,24)10-9-15(22)20-18-21-16-14(26-2)8-7-13(19)17(16)27-18/h3-8H,9-10H2,1-2H3,(H,20,21,22). The smallest absolute Gasteiger partial charge is 0.227 e. The molecule has 0 fully saturated rings. The number of aromatic nitrogens is 1. The van der Waals surface area contributed by atoms with Crippen molar-refractivity contribution in [2.75, 3.05) is 25.3 Å². The van der Waals surface area contributed by atoms with Crippen LogP contribution in [0.2, 0.25) is 5.02 Å². The van der Waals surface area contributed by atoms with Crippen molar-refractivity contribution < 1.29 is 22.7 Å². The molecule has 10 heteroatoms. The van der Waals surface area contributed by atoms with Crippen molar-refractivity contribution in [1.29, 1.82) is 0 Å². The molecule has 1 heterocycles. The number of benzene rings is 2. The number of anilines is 1. The summed E-state index contributed by atoms with van der Waals surface area (Å²) in [6.45, 7) is 0. The van der Waals surface area contributed by atoms with Crippen LogP contribution in [0.15, 0.2) is 41.3 Å². The number of carbonyl (C=O) groups excluding carboxylic acids is 1. The fourth-order valence-electron chi connectivity index (χ4n) is 2.48. The van der Waals surface area contributed by atoms with E-state index in [9.17, 15) is 13.2 Å². The Morgan fingerprint density at radius 2 is 1.86 bits per heavy atom. The molecular formula is C18H17ClN2O5S2. The Balaban J connectivity index is 1.68. The number of ether oxygens (including phenoxy) is 2. The molecular weight excluding hydrogens is 424 g/mol. The maximum Gasteiger partial charge on any atom is 0.227 e. The van der Waals surface area contributed by atoms with Gasteiger partial charge < -0.3 is 14.8 Å². The summed E-state index contributed by atoms with van der Waals surface area (Å²) >= 11 is 7.36. The molecule has 0 aliphatic rings. The van der Waals surface area contributed by atoms with E-state index in [1.165, 1.54) is 37.7 Å². The zero-order valence-electron chi connectivity index (χ0n) is 15.1. The number of hydrogen-bond donors (Lipinski definition) is 1. The molecule has 0 unspecified atom stereocenters. The fraction of sp³-hybridized carbons (Fsp3) is 0.222. The van der Waals surface area contributed by atoms with Crippen molar-refractivity contribution in [3.63, 3.8) is 0 Å². The highest BCUT2D eigenvalue weighted by Crippen LogP contribution is 2.37. The van der Waals surface area contributed by atoms with Gasteiger partial charge in [-0.05, 0) is 36.4 Å². The van der Waals surface area contributed by atoms with Gasteiger partial charge in [0.05, 0.1) is 34.6 Å². The number of fused-ring (bicyclic) bond motifs is 1. The number of carbonyl (C=O) groups is 1. The molecule has 148 valence electrons. The third kappa shape index (κ3) is 4.37. The summed E-state index contributed by atoms with van der Waals surface area (Å²) in [5.74, 6) is 0.325. The number of rotatable bonds is 7. The van der Waals surface area contributed by atoms with Crippen LogP contribution in [0.1, 0.15) is 6.42 Å². The predicted molar refractivity (Wildman–Crippen MR) is 109 cm³/mol. The molecule has 28 heavy (non-hydrogen) atoms. The van der Waals surface area contributed by atoms with Crippen LogP contribution in [0.25, 0.3) is 10.2 Å². The lowest BCUT2D eigenvalue weighted by Crippen LogP contribution is -2.17. The Hall–Kier alpha value is -2.36. The molecule has 7 nitrogen and oxygen atoms in total. The van der Waals surface area contributed by atoms with Gasteiger partial charge in [-0.2, -0.15) is 0 Å². The van der Waals surface area contributed by atoms with Gasteiger partial charge in [-0.15, -0.1) is 0 Å². The second-order valence-corrected chi connectivity index (χ2v) is 9.25. The maximum atomic E-state index is 12.4. The van der Waals surface area contributed by atoms with Gasteiger partial charge in [0.2, 0.25) is 5.91 Å². The van der Waals surface area contributed by atoms with Crippen LogP contribution in [0.3, 0.4) is 0 Å². The minimum Gasteiger partial charge on any atom is -0.497 e. The first kappa shape index (κ1) is 20.4. The van der Waals surface area contributed by atoms with Crippen molar-refractivity contribution in [1.82, 2.24) is 4.98 Å². The van der Waals surface area contributed by atoms with Gasteiger partial charge in [0.1, 0.15) is 17.0 Å². The monoisotopic (exact) mass is 440 g/mol. The van der Waals surface area contributed by atoms with E-state index in [0.717, 1.165) is 0 Å². The molecule has 2 aromatic carbocycles. The lowest BCUT2D eigenvalue weighted by molar-refractivity contribution is -0.115. The highest BCUT2D eigenvalue weighted by Gasteiger charge is 2.18. The molecule has 0 saturated heterocycles. The Morgan fingerprint density at radius 1 is 1.14 bits per heavy atom. The molecule has 3 aromatic rings. The van der Waals surface area contributed by atoms with Gasteiger partial charge in [-0.3, -0.25) is 4.79 Å². The van der Waals surface area contributed by atoms with Crippen LogP contribution in [-0.4, -0.2) is 39.3 Å². The average molecular weight is 441 g/mol. The summed E-state index contributed by atoms with van der Waals surface area (Å²) in [5.41, 5.74) is 0.543. The summed E-state index contributed by atoms with van der Waals surface area (Å²) in [6, 6.07) is 9.41. The Labute approximate surface area is 171 Å². The van der Waals surface area contributed by atoms with Gasteiger partial charge in [-0.1, -0.05) is 22.9 Å². The predicted octanol–water partition coefficient (Wildman–Crippen LogP) is 3.77. The summed E-state index contributed by atoms with van der Waals surface area (Å²) in [4.78, 5) is 16.7. The lowest BCUT2D eigenvalue weighted by Gasteiger charge is -2.06. The van der Waals surface area contributed by atoms with Gasteiger partial charge in [0.15, 0.2) is 15.0 Å². The van der Waals surface area contributed by atoms with Crippen molar-refractivity contribution >= 4 is 54.0 Å². The third-order valence-electron chi connectivity index (χ3n) is 3.94. The molecule has 1 aromatic heterocycles. The zero-order valence-corrected chi connectivity index (χ0v) is 17.5. The second-order valence-electron chi connectivity index (χ2n) is 5.74. The summed E-state index contributed by atoms with van der Waals surface area (Å²) in [7, 11) is -0.572. The normalized spacial score (nSPS) is 11.4. The maximum absolute atomic E-state index is 12.4. The van der Waals surface area contributed by atoms with Crippen LogP contribution < -0.4 is 14.8 Å². The minimum atomic E-state index is -3.59. The fourth-order valence-corrected chi connectivity index (χ4v) is 4.89. The number of thiazole rings is 1. The molecule has 0 aliphatic carbocycles. The first-order valence-corrected chi connectivity index (χ1v) is 11.0. The molecule has 0 radical (unpaired) electrons. The Kier molecular flexibility index (Phi) is 6.07. The van der Waals surface area contributed by atoms with E-state index in [-0.39, 0.29) is 17.1 Å². The highest BCUT2D eigenvalue weighted by atomic mass is 35.5. The molecule has 0 bridgehead atoms. The highest BCUT2D eigenvalue weighted by molar-refractivity contribution is 7.91. The number of methoxy groups -OCH3 is 2. The Morgan fingerprint density at radius 3 is 2.50 bits per heavy atom. The second kappa shape index (κ2) is 8.34. The first-order valence-electron chi connectivity index (χ1n) is 8.14. The van der Waals surface area contributed by atoms with Gasteiger partial charge >= 0.3 is 0 Å². The molecule has 1 amide bonds. The zero-order chi connectivity index (χ0) is 20.3. The molecule has 0 spiro atoms. The van der Waals surface area contributed by atoms with Gasteiger partial charge in [0.25, 0.3) is 0 Å². The van der Waals surface area contributed by atoms with Crippen molar-refractivity contribution in [2.24, 2.45) is 0 Å². The lowest BCUT2D eigenvalue weighted by atomic mass is 10.3. The summed E-state index contributed by atoms with van der Waals surface area (Å²) in [6.07, 6.45) is -0.199. The number of nitrogens with zero attached hydrogens (tertiary/aromatic N) is 1. The van der Waals surface area contributed by atoms with Crippen molar-refractivity contribution in [2.45, 2.75) is 11.3 Å². The van der Waals surface area contributed by atoms with E-state index in [1.807, 2.05) is 0 Å². The third-order valence-corrected chi connectivity index (χ3v) is 7.10. The minimum absolute atomic E-state index is 0.137. The SMILES string of the molecule is COc1ccc(S(=O)(=O)CCC(=O)Nc2nc3c(OC)ccc(Cl)c3s2)cc1. The van der Waals surface area contributed by atoms with E-state index in [1.54, 1.807) is 24.3 Å². The van der Waals surface area contributed by atoms with Crippen molar-refractivity contribution in [3.05, 3.63) is 41.4 Å². The molecule has 3 rings (SSSR count). The van der Waals surface area contributed by atoms with E-state index in [2.05, 4.69) is 10.3 Å². The quantitative estimate of drug-likeness (QED) is 0.601. The van der Waals surface area contributed by atoms with Crippen LogP contribution in [0.5, 0.6) is 11.5 Å². The van der Waals surface area contributed by atoms with E-state index in [0.29, 0.717) is 31.9 Å². The average Bonchev–Trinajstić information content (AvgIpc) is 3.11. The molecule has 0 atom stereocenters. The molecule has 1 N–H and O–H groups in total. The van der Waals surface area contributed by atoms with Gasteiger partial charge in [-0.25, -0.2) is 13.4 Å². The van der Waals surface area contributed by atoms with Gasteiger partial charge in [0, 0.05) is 6.42 Å². The van der Waals surface area contributed by atoms with Crippen LogP contribution >= 0.6 is 22.9 Å². The Bertz CT molecular complexity index is 1110. The van der Waals surface area contributed by atoms with Crippen LogP contribution in [0.4, 0.5) is 5.13 Å².